The second-order valence-electron chi connectivity index (χ2n) is 2.66. The summed E-state index contributed by atoms with van der Waals surface area (Å²) in [5.41, 5.74) is 0. The highest BCUT2D eigenvalue weighted by Gasteiger charge is 2.37. The van der Waals surface area contributed by atoms with E-state index in [1.165, 1.54) is 0 Å². The van der Waals surface area contributed by atoms with Crippen LogP contribution in [0.3, 0.4) is 0 Å². The number of hydrogen-bond acceptors (Lipinski definition) is 5. The van der Waals surface area contributed by atoms with E-state index >= 15 is 0 Å². The standard InChI is InChI=1S/C6H14O5P2/c1-3-5-6(4-2)10-13(9-5)11-12(7)8/h5-8H,3-4H2,1-2H3. The molecule has 0 aromatic heterocycles. The number of hydrogen-bond donors (Lipinski definition) is 2. The Morgan fingerprint density at radius 2 is 1.69 bits per heavy atom. The first-order chi connectivity index (χ1) is 6.17. The molecule has 2 unspecified atom stereocenters. The van der Waals surface area contributed by atoms with Gasteiger partial charge in [-0.05, 0) is 12.8 Å². The van der Waals surface area contributed by atoms with Gasteiger partial charge in [-0.25, -0.2) is 4.31 Å². The SMILES string of the molecule is CCC1OP(OP(O)O)OC1CC. The first-order valence-electron chi connectivity index (χ1n) is 4.17. The van der Waals surface area contributed by atoms with Gasteiger partial charge in [0.15, 0.2) is 0 Å². The zero-order valence-corrected chi connectivity index (χ0v) is 9.37. The zero-order valence-electron chi connectivity index (χ0n) is 7.58. The van der Waals surface area contributed by atoms with Crippen molar-refractivity contribution >= 4 is 17.2 Å². The van der Waals surface area contributed by atoms with Gasteiger partial charge in [0.2, 0.25) is 0 Å². The smallest absolute Gasteiger partial charge is 0.328 e. The highest BCUT2D eigenvalue weighted by atomic mass is 31.2. The molecule has 78 valence electrons. The maximum absolute atomic E-state index is 8.59. The fourth-order valence-electron chi connectivity index (χ4n) is 1.15. The van der Waals surface area contributed by atoms with Gasteiger partial charge in [-0.1, -0.05) is 13.8 Å². The summed E-state index contributed by atoms with van der Waals surface area (Å²) in [6.45, 7) is 3.99. The molecule has 2 atom stereocenters. The van der Waals surface area contributed by atoms with Gasteiger partial charge in [0.1, 0.15) is 0 Å². The van der Waals surface area contributed by atoms with Crippen LogP contribution in [-0.2, 0) is 13.4 Å². The molecule has 0 amide bonds. The van der Waals surface area contributed by atoms with E-state index in [-0.39, 0.29) is 12.2 Å². The van der Waals surface area contributed by atoms with Gasteiger partial charge in [0.05, 0.1) is 12.2 Å². The van der Waals surface area contributed by atoms with Crippen LogP contribution < -0.4 is 0 Å². The third-order valence-corrected chi connectivity index (χ3v) is 3.81. The Morgan fingerprint density at radius 1 is 1.23 bits per heavy atom. The van der Waals surface area contributed by atoms with Crippen molar-refractivity contribution in [3.8, 4) is 0 Å². The maximum Gasteiger partial charge on any atom is 0.340 e. The summed E-state index contributed by atoms with van der Waals surface area (Å²) in [6, 6.07) is 0. The van der Waals surface area contributed by atoms with Crippen molar-refractivity contribution in [2.45, 2.75) is 38.9 Å². The first kappa shape index (κ1) is 11.7. The molecular weight excluding hydrogens is 214 g/mol. The van der Waals surface area contributed by atoms with Gasteiger partial charge in [-0.2, -0.15) is 0 Å². The van der Waals surface area contributed by atoms with Crippen molar-refractivity contribution in [2.24, 2.45) is 0 Å². The van der Waals surface area contributed by atoms with Gasteiger partial charge in [-0.3, -0.25) is 0 Å². The van der Waals surface area contributed by atoms with Gasteiger partial charge < -0.3 is 18.8 Å². The minimum atomic E-state index is -2.38. The minimum Gasteiger partial charge on any atom is -0.328 e. The lowest BCUT2D eigenvalue weighted by atomic mass is 10.1. The number of rotatable bonds is 4. The predicted molar refractivity (Wildman–Crippen MR) is 49.7 cm³/mol. The van der Waals surface area contributed by atoms with E-state index in [9.17, 15) is 0 Å². The highest BCUT2D eigenvalue weighted by Crippen LogP contribution is 2.57. The molecule has 1 saturated heterocycles. The molecule has 0 bridgehead atoms. The van der Waals surface area contributed by atoms with Crippen LogP contribution >= 0.6 is 17.2 Å². The Labute approximate surface area is 80.0 Å². The van der Waals surface area contributed by atoms with Crippen molar-refractivity contribution < 1.29 is 23.1 Å². The van der Waals surface area contributed by atoms with Crippen molar-refractivity contribution in [1.29, 1.82) is 0 Å². The highest BCUT2D eigenvalue weighted by molar-refractivity contribution is 7.54. The molecule has 0 radical (unpaired) electrons. The van der Waals surface area contributed by atoms with E-state index in [1.54, 1.807) is 0 Å². The van der Waals surface area contributed by atoms with Crippen molar-refractivity contribution in [2.75, 3.05) is 0 Å². The third-order valence-electron chi connectivity index (χ3n) is 1.80. The lowest BCUT2D eigenvalue weighted by Crippen LogP contribution is -2.20. The molecule has 1 rings (SSSR count). The molecule has 1 heterocycles. The molecule has 1 aliphatic heterocycles. The summed E-state index contributed by atoms with van der Waals surface area (Å²) < 4.78 is 15.4. The van der Waals surface area contributed by atoms with Crippen LogP contribution in [0.5, 0.6) is 0 Å². The van der Waals surface area contributed by atoms with Crippen LogP contribution in [0.15, 0.2) is 0 Å². The summed E-state index contributed by atoms with van der Waals surface area (Å²) in [7, 11) is -3.93. The monoisotopic (exact) mass is 228 g/mol. The zero-order chi connectivity index (χ0) is 9.84. The van der Waals surface area contributed by atoms with Crippen LogP contribution in [0.25, 0.3) is 0 Å². The molecule has 1 aliphatic rings. The summed E-state index contributed by atoms with van der Waals surface area (Å²) in [5, 5.41) is 0. The summed E-state index contributed by atoms with van der Waals surface area (Å²) in [6.07, 6.45) is 1.72. The third kappa shape index (κ3) is 3.37. The van der Waals surface area contributed by atoms with E-state index in [1.807, 2.05) is 13.8 Å². The normalized spacial score (nSPS) is 34.4. The second-order valence-corrected chi connectivity index (χ2v) is 4.69. The first-order valence-corrected chi connectivity index (χ1v) is 6.43. The average Bonchev–Trinajstić information content (AvgIpc) is 2.45. The minimum absolute atomic E-state index is 0.0195. The van der Waals surface area contributed by atoms with Crippen LogP contribution in [-0.4, -0.2) is 22.0 Å². The van der Waals surface area contributed by atoms with Crippen LogP contribution in [0.4, 0.5) is 0 Å². The lowest BCUT2D eigenvalue weighted by molar-refractivity contribution is 0.148. The second kappa shape index (κ2) is 5.52. The molecule has 0 saturated carbocycles. The average molecular weight is 228 g/mol. The largest absolute Gasteiger partial charge is 0.340 e. The summed E-state index contributed by atoms with van der Waals surface area (Å²) >= 11 is 0. The Balaban J connectivity index is 2.38. The molecule has 13 heavy (non-hydrogen) atoms. The molecule has 0 aromatic rings. The lowest BCUT2D eigenvalue weighted by Gasteiger charge is -2.10. The summed E-state index contributed by atoms with van der Waals surface area (Å²) in [4.78, 5) is 17.2. The molecule has 0 aliphatic carbocycles. The molecule has 0 spiro atoms. The topological polar surface area (TPSA) is 68.2 Å². The van der Waals surface area contributed by atoms with E-state index in [2.05, 4.69) is 4.31 Å². The fraction of sp³-hybridized carbons (Fsp3) is 1.00. The molecule has 0 aromatic carbocycles. The Kier molecular flexibility index (Phi) is 4.98. The van der Waals surface area contributed by atoms with Crippen LogP contribution in [0.1, 0.15) is 26.7 Å². The van der Waals surface area contributed by atoms with Gasteiger partial charge in [0.25, 0.3) is 0 Å². The van der Waals surface area contributed by atoms with E-state index in [0.29, 0.717) is 0 Å². The Bertz CT molecular complexity index is 144. The quantitative estimate of drug-likeness (QED) is 0.720. The van der Waals surface area contributed by atoms with Gasteiger partial charge >= 0.3 is 17.2 Å². The Hall–Kier alpha value is 0.660. The Morgan fingerprint density at radius 3 is 2.00 bits per heavy atom. The van der Waals surface area contributed by atoms with Crippen molar-refractivity contribution in [3.63, 3.8) is 0 Å². The van der Waals surface area contributed by atoms with E-state index < -0.39 is 17.2 Å². The van der Waals surface area contributed by atoms with Gasteiger partial charge in [-0.15, -0.1) is 0 Å². The summed E-state index contributed by atoms with van der Waals surface area (Å²) in [5.74, 6) is 0. The van der Waals surface area contributed by atoms with Crippen LogP contribution in [0, 0.1) is 0 Å². The van der Waals surface area contributed by atoms with Crippen LogP contribution in [0.2, 0.25) is 0 Å². The van der Waals surface area contributed by atoms with Crippen molar-refractivity contribution in [3.05, 3.63) is 0 Å². The molecule has 2 N–H and O–H groups in total. The maximum atomic E-state index is 8.59. The molecule has 1 fully saturated rings. The van der Waals surface area contributed by atoms with Crippen molar-refractivity contribution in [1.82, 2.24) is 0 Å². The molecule has 7 heteroatoms. The predicted octanol–water partition coefficient (Wildman–Crippen LogP) is 2.05. The molecular formula is C6H14O5P2. The fourth-order valence-corrected chi connectivity index (χ4v) is 3.00. The molecule has 5 nitrogen and oxygen atoms in total. The van der Waals surface area contributed by atoms with E-state index in [0.717, 1.165) is 12.8 Å². The van der Waals surface area contributed by atoms with Gasteiger partial charge in [0, 0.05) is 0 Å². The van der Waals surface area contributed by atoms with E-state index in [4.69, 9.17) is 18.8 Å².